The van der Waals surface area contributed by atoms with Gasteiger partial charge in [-0.15, -0.1) is 0 Å². The van der Waals surface area contributed by atoms with Crippen LogP contribution in [0.5, 0.6) is 5.75 Å². The maximum atomic E-state index is 12.8. The molecule has 0 spiro atoms. The van der Waals surface area contributed by atoms with Gasteiger partial charge in [0.2, 0.25) is 0 Å². The van der Waals surface area contributed by atoms with E-state index in [4.69, 9.17) is 9.26 Å². The first-order valence-electron chi connectivity index (χ1n) is 8.01. The van der Waals surface area contributed by atoms with Gasteiger partial charge in [-0.1, -0.05) is 31.1 Å². The maximum Gasteiger partial charge on any atom is 0.276 e. The van der Waals surface area contributed by atoms with Crippen molar-refractivity contribution in [1.29, 1.82) is 0 Å². The lowest BCUT2D eigenvalue weighted by molar-refractivity contribution is 0.0725. The maximum absolute atomic E-state index is 12.8. The number of rotatable bonds is 4. The fourth-order valence-electron chi connectivity index (χ4n) is 2.99. The molecule has 0 unspecified atom stereocenters. The lowest BCUT2D eigenvalue weighted by Gasteiger charge is -2.24. The molecular weight excluding hydrogens is 292 g/mol. The SMILES string of the molecule is COc1ccc([C@@H]2CCCN2C(=O)c2cc(C(C)C)on2)cc1. The lowest BCUT2D eigenvalue weighted by Crippen LogP contribution is -2.30. The number of nitrogens with zero attached hydrogens (tertiary/aromatic N) is 2. The number of likely N-dealkylation sites (tertiary alicyclic amines) is 1. The molecule has 23 heavy (non-hydrogen) atoms. The van der Waals surface area contributed by atoms with Gasteiger partial charge in [0.15, 0.2) is 5.69 Å². The van der Waals surface area contributed by atoms with Crippen molar-refractivity contribution in [2.24, 2.45) is 0 Å². The van der Waals surface area contributed by atoms with Gasteiger partial charge in [-0.05, 0) is 30.5 Å². The molecule has 1 aliphatic heterocycles. The Morgan fingerprint density at radius 2 is 2.09 bits per heavy atom. The Hall–Kier alpha value is -2.30. The highest BCUT2D eigenvalue weighted by molar-refractivity contribution is 5.92. The Labute approximate surface area is 136 Å². The minimum atomic E-state index is -0.0565. The number of aromatic nitrogens is 1. The smallest absolute Gasteiger partial charge is 0.276 e. The van der Waals surface area contributed by atoms with Gasteiger partial charge in [0.1, 0.15) is 11.5 Å². The summed E-state index contributed by atoms with van der Waals surface area (Å²) in [4.78, 5) is 14.7. The lowest BCUT2D eigenvalue weighted by atomic mass is 10.0. The summed E-state index contributed by atoms with van der Waals surface area (Å²) >= 11 is 0. The van der Waals surface area contributed by atoms with Crippen LogP contribution in [0.15, 0.2) is 34.9 Å². The number of hydrogen-bond donors (Lipinski definition) is 0. The summed E-state index contributed by atoms with van der Waals surface area (Å²) in [6, 6.07) is 9.77. The Morgan fingerprint density at radius 3 is 2.70 bits per heavy atom. The van der Waals surface area contributed by atoms with Crippen molar-refractivity contribution in [2.75, 3.05) is 13.7 Å². The van der Waals surface area contributed by atoms with E-state index >= 15 is 0 Å². The molecule has 0 saturated carbocycles. The third-order valence-corrected chi connectivity index (χ3v) is 4.33. The summed E-state index contributed by atoms with van der Waals surface area (Å²) in [5, 5.41) is 3.95. The van der Waals surface area contributed by atoms with Gasteiger partial charge in [-0.25, -0.2) is 0 Å². The molecule has 1 aliphatic rings. The normalized spacial score (nSPS) is 17.7. The zero-order chi connectivity index (χ0) is 16.4. The van der Waals surface area contributed by atoms with E-state index in [2.05, 4.69) is 5.16 Å². The first-order valence-corrected chi connectivity index (χ1v) is 8.01. The monoisotopic (exact) mass is 314 g/mol. The fourth-order valence-corrected chi connectivity index (χ4v) is 2.99. The summed E-state index contributed by atoms with van der Waals surface area (Å²) < 4.78 is 10.5. The van der Waals surface area contributed by atoms with Gasteiger partial charge in [0.25, 0.3) is 5.91 Å². The zero-order valence-electron chi connectivity index (χ0n) is 13.8. The van der Waals surface area contributed by atoms with E-state index < -0.39 is 0 Å². The van der Waals surface area contributed by atoms with Crippen molar-refractivity contribution >= 4 is 5.91 Å². The average molecular weight is 314 g/mol. The van der Waals surface area contributed by atoms with Crippen molar-refractivity contribution in [3.8, 4) is 5.75 Å². The Morgan fingerprint density at radius 1 is 1.35 bits per heavy atom. The molecule has 122 valence electrons. The van der Waals surface area contributed by atoms with Crippen LogP contribution in [0.1, 0.15) is 60.5 Å². The van der Waals surface area contributed by atoms with Crippen molar-refractivity contribution in [2.45, 2.75) is 38.6 Å². The van der Waals surface area contributed by atoms with Crippen LogP contribution in [0.2, 0.25) is 0 Å². The molecule has 1 aromatic heterocycles. The topological polar surface area (TPSA) is 55.6 Å². The van der Waals surface area contributed by atoms with Crippen LogP contribution in [-0.4, -0.2) is 29.6 Å². The Kier molecular flexibility index (Phi) is 4.37. The van der Waals surface area contributed by atoms with Gasteiger partial charge in [-0.3, -0.25) is 4.79 Å². The molecule has 1 aromatic carbocycles. The highest BCUT2D eigenvalue weighted by Gasteiger charge is 2.32. The third-order valence-electron chi connectivity index (χ3n) is 4.33. The van der Waals surface area contributed by atoms with Crippen LogP contribution < -0.4 is 4.74 Å². The Balaban J connectivity index is 1.80. The second kappa shape index (κ2) is 6.44. The molecule has 1 amide bonds. The van der Waals surface area contributed by atoms with Crippen LogP contribution in [0.25, 0.3) is 0 Å². The van der Waals surface area contributed by atoms with E-state index in [1.54, 1.807) is 13.2 Å². The molecule has 1 fully saturated rings. The van der Waals surface area contributed by atoms with E-state index in [9.17, 15) is 4.79 Å². The van der Waals surface area contributed by atoms with E-state index in [1.165, 1.54) is 0 Å². The number of amides is 1. The molecule has 5 heteroatoms. The summed E-state index contributed by atoms with van der Waals surface area (Å²) in [6.45, 7) is 4.79. The molecule has 0 N–H and O–H groups in total. The second-order valence-corrected chi connectivity index (χ2v) is 6.20. The predicted octanol–water partition coefficient (Wildman–Crippen LogP) is 3.78. The molecule has 2 heterocycles. The minimum absolute atomic E-state index is 0.0565. The highest BCUT2D eigenvalue weighted by Crippen LogP contribution is 2.34. The number of benzene rings is 1. The number of methoxy groups -OCH3 is 1. The van der Waals surface area contributed by atoms with Gasteiger partial charge in [-0.2, -0.15) is 0 Å². The summed E-state index contributed by atoms with van der Waals surface area (Å²) in [5.74, 6) is 1.73. The molecular formula is C18H22N2O3. The minimum Gasteiger partial charge on any atom is -0.497 e. The molecule has 0 bridgehead atoms. The first kappa shape index (κ1) is 15.6. The molecule has 0 aliphatic carbocycles. The average Bonchev–Trinajstić information content (AvgIpc) is 3.23. The summed E-state index contributed by atoms with van der Waals surface area (Å²) in [6.07, 6.45) is 1.96. The zero-order valence-corrected chi connectivity index (χ0v) is 13.8. The van der Waals surface area contributed by atoms with Crippen LogP contribution >= 0.6 is 0 Å². The van der Waals surface area contributed by atoms with Crippen LogP contribution in [0.3, 0.4) is 0 Å². The fraction of sp³-hybridized carbons (Fsp3) is 0.444. The van der Waals surface area contributed by atoms with E-state index in [0.717, 1.165) is 36.5 Å². The quantitative estimate of drug-likeness (QED) is 0.861. The van der Waals surface area contributed by atoms with E-state index in [0.29, 0.717) is 5.69 Å². The number of ether oxygens (including phenoxy) is 1. The van der Waals surface area contributed by atoms with Crippen molar-refractivity contribution in [3.05, 3.63) is 47.3 Å². The summed E-state index contributed by atoms with van der Waals surface area (Å²) in [7, 11) is 1.65. The third kappa shape index (κ3) is 3.09. The largest absolute Gasteiger partial charge is 0.497 e. The molecule has 1 saturated heterocycles. The molecule has 3 rings (SSSR count). The molecule has 2 aromatic rings. The molecule has 0 radical (unpaired) electrons. The van der Waals surface area contributed by atoms with Gasteiger partial charge in [0, 0.05) is 18.5 Å². The molecule has 1 atom stereocenters. The first-order chi connectivity index (χ1) is 11.1. The number of carbonyl (C=O) groups excluding carboxylic acids is 1. The Bertz CT molecular complexity index is 676. The van der Waals surface area contributed by atoms with Crippen molar-refractivity contribution in [1.82, 2.24) is 10.1 Å². The standard InChI is InChI=1S/C18H22N2O3/c1-12(2)17-11-15(19-23-17)18(21)20-10-4-5-16(20)13-6-8-14(22-3)9-7-13/h6-9,11-12,16H,4-5,10H2,1-3H3/t16-/m0/s1. The highest BCUT2D eigenvalue weighted by atomic mass is 16.5. The van der Waals surface area contributed by atoms with Gasteiger partial charge >= 0.3 is 0 Å². The second-order valence-electron chi connectivity index (χ2n) is 6.20. The van der Waals surface area contributed by atoms with Crippen LogP contribution in [-0.2, 0) is 0 Å². The van der Waals surface area contributed by atoms with Crippen molar-refractivity contribution in [3.63, 3.8) is 0 Å². The number of carbonyl (C=O) groups is 1. The predicted molar refractivity (Wildman–Crippen MR) is 86.6 cm³/mol. The molecule has 5 nitrogen and oxygen atoms in total. The number of hydrogen-bond acceptors (Lipinski definition) is 4. The van der Waals surface area contributed by atoms with Crippen molar-refractivity contribution < 1.29 is 14.1 Å². The van der Waals surface area contributed by atoms with E-state index in [1.807, 2.05) is 43.0 Å². The van der Waals surface area contributed by atoms with Gasteiger partial charge < -0.3 is 14.2 Å². The van der Waals surface area contributed by atoms with Crippen LogP contribution in [0.4, 0.5) is 0 Å². The van der Waals surface area contributed by atoms with E-state index in [-0.39, 0.29) is 17.9 Å². The summed E-state index contributed by atoms with van der Waals surface area (Å²) in [5.41, 5.74) is 1.53. The van der Waals surface area contributed by atoms with Gasteiger partial charge in [0.05, 0.1) is 13.2 Å². The van der Waals surface area contributed by atoms with Crippen LogP contribution in [0, 0.1) is 0 Å².